The molecule has 20 heavy (non-hydrogen) atoms. The monoisotopic (exact) mass is 264 g/mol. The largest absolute Gasteiger partial charge is 0.206 e. The Kier molecular flexibility index (Phi) is 3.55. The fourth-order valence-corrected chi connectivity index (χ4v) is 2.23. The molecule has 0 unspecified atom stereocenters. The van der Waals surface area contributed by atoms with Gasteiger partial charge in [0.1, 0.15) is 5.82 Å². The predicted molar refractivity (Wildman–Crippen MR) is 77.6 cm³/mol. The maximum Gasteiger partial charge on any atom is 0.173 e. The number of halogens is 1. The van der Waals surface area contributed by atoms with Gasteiger partial charge in [0.05, 0.1) is 0 Å². The van der Waals surface area contributed by atoms with Crippen molar-refractivity contribution in [1.29, 1.82) is 0 Å². The van der Waals surface area contributed by atoms with Crippen molar-refractivity contribution < 1.29 is 8.96 Å². The van der Waals surface area contributed by atoms with Crippen LogP contribution < -0.4 is 4.57 Å². The third-order valence-corrected chi connectivity index (χ3v) is 3.28. The first-order chi connectivity index (χ1) is 9.83. The molecule has 0 atom stereocenters. The molecule has 0 saturated heterocycles. The lowest BCUT2D eigenvalue weighted by Gasteiger charge is -2.02. The van der Waals surface area contributed by atoms with E-state index in [0.29, 0.717) is 5.56 Å². The molecular weight excluding hydrogens is 249 g/mol. The first-order valence-electron chi connectivity index (χ1n) is 6.61. The molecule has 0 aliphatic carbocycles. The summed E-state index contributed by atoms with van der Waals surface area (Å²) in [6.07, 6.45) is 3.96. The van der Waals surface area contributed by atoms with E-state index in [2.05, 4.69) is 16.7 Å². The number of hydrogen-bond donors (Lipinski definition) is 0. The Morgan fingerprint density at radius 2 is 1.40 bits per heavy atom. The summed E-state index contributed by atoms with van der Waals surface area (Å²) < 4.78 is 15.8. The summed E-state index contributed by atoms with van der Waals surface area (Å²) in [5.41, 5.74) is 2.78. The van der Waals surface area contributed by atoms with Gasteiger partial charge in [-0.25, -0.2) is 8.96 Å². The Balaban J connectivity index is 1.83. The van der Waals surface area contributed by atoms with E-state index in [-0.39, 0.29) is 5.82 Å². The van der Waals surface area contributed by atoms with E-state index >= 15 is 0 Å². The minimum absolute atomic E-state index is 0.187. The Bertz CT molecular complexity index is 690. The molecule has 2 aromatic carbocycles. The molecule has 1 nitrogen and oxygen atoms in total. The molecule has 2 heteroatoms. The molecule has 0 N–H and O–H groups in total. The second-order valence-electron chi connectivity index (χ2n) is 4.72. The average molecular weight is 264 g/mol. The highest BCUT2D eigenvalue weighted by molar-refractivity contribution is 5.62. The van der Waals surface area contributed by atoms with Gasteiger partial charge in [-0.05, 0) is 11.6 Å². The lowest BCUT2D eigenvalue weighted by atomic mass is 10.1. The lowest BCUT2D eigenvalue weighted by Crippen LogP contribution is -2.32. The molecule has 0 fully saturated rings. The van der Waals surface area contributed by atoms with E-state index in [1.807, 2.05) is 48.8 Å². The highest BCUT2D eigenvalue weighted by Crippen LogP contribution is 2.20. The van der Waals surface area contributed by atoms with Crippen molar-refractivity contribution in [3.8, 4) is 11.1 Å². The number of hydrogen-bond acceptors (Lipinski definition) is 0. The quantitative estimate of drug-likeness (QED) is 0.633. The van der Waals surface area contributed by atoms with Crippen LogP contribution in [-0.2, 0) is 6.54 Å². The van der Waals surface area contributed by atoms with Crippen molar-refractivity contribution in [2.24, 2.45) is 0 Å². The molecule has 1 heterocycles. The molecule has 0 aliphatic rings. The standard InChI is InChI=1S/C18H15FN/c19-18-9-5-4-8-17(18)16-10-12-20(13-11-16)14-15-6-2-1-3-7-15/h1-13H,14H2/q+1. The van der Waals surface area contributed by atoms with E-state index in [9.17, 15) is 4.39 Å². The van der Waals surface area contributed by atoms with Gasteiger partial charge >= 0.3 is 0 Å². The normalized spacial score (nSPS) is 10.4. The van der Waals surface area contributed by atoms with E-state index < -0.39 is 0 Å². The highest BCUT2D eigenvalue weighted by Gasteiger charge is 2.07. The van der Waals surface area contributed by atoms with Crippen LogP contribution in [0, 0.1) is 5.82 Å². The van der Waals surface area contributed by atoms with E-state index in [1.54, 1.807) is 12.1 Å². The third-order valence-electron chi connectivity index (χ3n) is 3.28. The molecule has 0 spiro atoms. The molecular formula is C18H15FN+. The smallest absolute Gasteiger partial charge is 0.173 e. The van der Waals surface area contributed by atoms with Crippen LogP contribution >= 0.6 is 0 Å². The van der Waals surface area contributed by atoms with Crippen molar-refractivity contribution in [1.82, 2.24) is 0 Å². The average Bonchev–Trinajstić information content (AvgIpc) is 2.50. The summed E-state index contributed by atoms with van der Waals surface area (Å²) in [5.74, 6) is -0.187. The van der Waals surface area contributed by atoms with Gasteiger partial charge in [0.2, 0.25) is 0 Å². The minimum Gasteiger partial charge on any atom is -0.206 e. The van der Waals surface area contributed by atoms with Gasteiger partial charge in [-0.3, -0.25) is 0 Å². The summed E-state index contributed by atoms with van der Waals surface area (Å²) in [5, 5.41) is 0. The van der Waals surface area contributed by atoms with Crippen LogP contribution in [0.3, 0.4) is 0 Å². The highest BCUT2D eigenvalue weighted by atomic mass is 19.1. The van der Waals surface area contributed by atoms with Crippen molar-refractivity contribution in [2.75, 3.05) is 0 Å². The topological polar surface area (TPSA) is 3.88 Å². The van der Waals surface area contributed by atoms with Gasteiger partial charge in [0, 0.05) is 23.3 Å². The van der Waals surface area contributed by atoms with Crippen LogP contribution in [0.1, 0.15) is 5.56 Å². The van der Waals surface area contributed by atoms with Gasteiger partial charge in [-0.2, -0.15) is 0 Å². The number of aromatic nitrogens is 1. The summed E-state index contributed by atoms with van der Waals surface area (Å²) in [6.45, 7) is 0.818. The number of nitrogens with zero attached hydrogens (tertiary/aromatic N) is 1. The van der Waals surface area contributed by atoms with Crippen molar-refractivity contribution in [3.05, 3.63) is 90.5 Å². The SMILES string of the molecule is Fc1ccccc1-c1cc[n+](Cc2ccccc2)cc1. The number of pyridine rings is 1. The van der Waals surface area contributed by atoms with Crippen LogP contribution in [-0.4, -0.2) is 0 Å². The minimum atomic E-state index is -0.187. The molecule has 0 saturated carbocycles. The molecule has 3 rings (SSSR count). The summed E-state index contributed by atoms with van der Waals surface area (Å²) in [6, 6.07) is 21.0. The third kappa shape index (κ3) is 2.75. The lowest BCUT2D eigenvalue weighted by molar-refractivity contribution is -0.688. The molecule has 1 aromatic heterocycles. The zero-order valence-corrected chi connectivity index (χ0v) is 11.0. The van der Waals surface area contributed by atoms with Crippen molar-refractivity contribution in [2.45, 2.75) is 6.54 Å². The zero-order chi connectivity index (χ0) is 13.8. The van der Waals surface area contributed by atoms with Crippen LogP contribution in [0.2, 0.25) is 0 Å². The predicted octanol–water partition coefficient (Wildman–Crippen LogP) is 3.83. The summed E-state index contributed by atoms with van der Waals surface area (Å²) >= 11 is 0. The summed E-state index contributed by atoms with van der Waals surface area (Å²) in [4.78, 5) is 0. The molecule has 0 radical (unpaired) electrons. The Labute approximate surface area is 118 Å². The van der Waals surface area contributed by atoms with Crippen LogP contribution in [0.5, 0.6) is 0 Å². The van der Waals surface area contributed by atoms with Crippen LogP contribution in [0.4, 0.5) is 4.39 Å². The van der Waals surface area contributed by atoms with Crippen LogP contribution in [0.25, 0.3) is 11.1 Å². The van der Waals surface area contributed by atoms with Gasteiger partial charge in [-0.1, -0.05) is 48.5 Å². The fourth-order valence-electron chi connectivity index (χ4n) is 2.23. The molecule has 0 bridgehead atoms. The van der Waals surface area contributed by atoms with E-state index in [0.717, 1.165) is 12.1 Å². The van der Waals surface area contributed by atoms with Gasteiger partial charge < -0.3 is 0 Å². The van der Waals surface area contributed by atoms with Crippen molar-refractivity contribution >= 4 is 0 Å². The first-order valence-corrected chi connectivity index (χ1v) is 6.61. The molecule has 98 valence electrons. The van der Waals surface area contributed by atoms with E-state index in [1.165, 1.54) is 11.6 Å². The summed E-state index contributed by atoms with van der Waals surface area (Å²) in [7, 11) is 0. The molecule has 3 aromatic rings. The second kappa shape index (κ2) is 5.66. The maximum absolute atomic E-state index is 13.7. The zero-order valence-electron chi connectivity index (χ0n) is 11.0. The number of rotatable bonds is 3. The Morgan fingerprint density at radius 3 is 2.10 bits per heavy atom. The number of benzene rings is 2. The molecule has 0 amide bonds. The fraction of sp³-hybridized carbons (Fsp3) is 0.0556. The Hall–Kier alpha value is -2.48. The first kappa shape index (κ1) is 12.5. The Morgan fingerprint density at radius 1 is 0.750 bits per heavy atom. The second-order valence-corrected chi connectivity index (χ2v) is 4.72. The van der Waals surface area contributed by atoms with Gasteiger partial charge in [-0.15, -0.1) is 0 Å². The van der Waals surface area contributed by atoms with Crippen molar-refractivity contribution in [3.63, 3.8) is 0 Å². The molecule has 0 aliphatic heterocycles. The van der Waals surface area contributed by atoms with Crippen LogP contribution in [0.15, 0.2) is 79.1 Å². The van der Waals surface area contributed by atoms with Gasteiger partial charge in [0.25, 0.3) is 0 Å². The van der Waals surface area contributed by atoms with E-state index in [4.69, 9.17) is 0 Å². The maximum atomic E-state index is 13.7. The van der Waals surface area contributed by atoms with Gasteiger partial charge in [0.15, 0.2) is 18.9 Å².